The van der Waals surface area contributed by atoms with Crippen molar-refractivity contribution in [3.63, 3.8) is 0 Å². The van der Waals surface area contributed by atoms with E-state index >= 15 is 0 Å². The third kappa shape index (κ3) is 5.65. The van der Waals surface area contributed by atoms with Gasteiger partial charge in [-0.3, -0.25) is 4.79 Å². The summed E-state index contributed by atoms with van der Waals surface area (Å²) in [4.78, 5) is 27.9. The molecule has 0 aliphatic carbocycles. The highest BCUT2D eigenvalue weighted by molar-refractivity contribution is 5.79. The average Bonchev–Trinajstić information content (AvgIpc) is 3.05. The fraction of sp³-hybridized carbons (Fsp3) is 0.400. The Morgan fingerprint density at radius 2 is 1.91 bits per heavy atom. The molecule has 2 aliphatic heterocycles. The minimum absolute atomic E-state index is 0.0644. The van der Waals surface area contributed by atoms with Crippen LogP contribution in [0.3, 0.4) is 0 Å². The van der Waals surface area contributed by atoms with Crippen molar-refractivity contribution in [1.82, 2.24) is 9.80 Å². The third-order valence-corrected chi connectivity index (χ3v) is 6.51. The minimum Gasteiger partial charge on any atom is -0.411 e. The molecule has 2 fully saturated rings. The molecule has 32 heavy (non-hydrogen) atoms. The quantitative estimate of drug-likeness (QED) is 0.715. The fourth-order valence-electron chi connectivity index (χ4n) is 4.76. The van der Waals surface area contributed by atoms with E-state index < -0.39 is 6.09 Å². The molecule has 2 aromatic rings. The Morgan fingerprint density at radius 3 is 2.59 bits per heavy atom. The maximum absolute atomic E-state index is 13.3. The first kappa shape index (κ1) is 22.3. The smallest absolute Gasteiger partial charge is 0.409 e. The van der Waals surface area contributed by atoms with E-state index in [0.29, 0.717) is 18.7 Å². The van der Waals surface area contributed by atoms with Gasteiger partial charge in [-0.2, -0.15) is 0 Å². The highest BCUT2D eigenvalue weighted by Crippen LogP contribution is 2.41. The van der Waals surface area contributed by atoms with Crippen molar-refractivity contribution in [1.29, 1.82) is 0 Å². The number of halogens is 1. The highest BCUT2D eigenvalue weighted by atomic mass is 19.1. The largest absolute Gasteiger partial charge is 0.411 e. The second-order valence-corrected chi connectivity index (χ2v) is 8.88. The SMILES string of the molecule is NC(=O)Oc1ccc(CN2CC3(CCN(CC[CH]c4cccc(F)c4)CC3)CC2=O)cc1. The van der Waals surface area contributed by atoms with E-state index in [-0.39, 0.29) is 17.1 Å². The van der Waals surface area contributed by atoms with E-state index in [2.05, 4.69) is 11.3 Å². The molecule has 2 amide bonds. The molecule has 1 spiro atoms. The number of piperidine rings is 1. The van der Waals surface area contributed by atoms with Crippen LogP contribution in [0.5, 0.6) is 5.75 Å². The summed E-state index contributed by atoms with van der Waals surface area (Å²) in [5.74, 6) is 0.395. The fourth-order valence-corrected chi connectivity index (χ4v) is 4.76. The van der Waals surface area contributed by atoms with E-state index in [1.807, 2.05) is 23.1 Å². The van der Waals surface area contributed by atoms with Crippen LogP contribution in [-0.4, -0.2) is 48.0 Å². The summed E-state index contributed by atoms with van der Waals surface area (Å²) in [5.41, 5.74) is 7.01. The van der Waals surface area contributed by atoms with Gasteiger partial charge < -0.3 is 20.3 Å². The molecular formula is C25H29FN3O3. The number of amides is 2. The lowest BCUT2D eigenvalue weighted by atomic mass is 9.77. The topological polar surface area (TPSA) is 75.9 Å². The van der Waals surface area contributed by atoms with E-state index in [1.54, 1.807) is 24.3 Å². The molecule has 0 aromatic heterocycles. The van der Waals surface area contributed by atoms with Gasteiger partial charge in [-0.25, -0.2) is 9.18 Å². The normalized spacial score (nSPS) is 18.3. The zero-order valence-electron chi connectivity index (χ0n) is 18.1. The number of hydrogen-bond donors (Lipinski definition) is 1. The van der Waals surface area contributed by atoms with Crippen LogP contribution in [0.25, 0.3) is 0 Å². The standard InChI is InChI=1S/C25H29FN3O3/c26-21-5-1-3-19(15-21)4-2-12-28-13-10-25(11-14-28)16-23(30)29(18-25)17-20-6-8-22(9-7-20)32-24(27)31/h1,3-9,15H,2,10-14,16-18H2,(H2,27,31). The maximum Gasteiger partial charge on any atom is 0.409 e. The minimum atomic E-state index is -0.840. The first-order valence-electron chi connectivity index (χ1n) is 11.1. The lowest BCUT2D eigenvalue weighted by molar-refractivity contribution is -0.128. The summed E-state index contributed by atoms with van der Waals surface area (Å²) in [6, 6.07) is 13.8. The van der Waals surface area contributed by atoms with Gasteiger partial charge in [0.2, 0.25) is 5.91 Å². The number of primary amides is 1. The van der Waals surface area contributed by atoms with Crippen molar-refractivity contribution in [3.8, 4) is 5.75 Å². The van der Waals surface area contributed by atoms with Crippen LogP contribution in [0.15, 0.2) is 48.5 Å². The summed E-state index contributed by atoms with van der Waals surface area (Å²) in [5, 5.41) is 0. The predicted octanol–water partition coefficient (Wildman–Crippen LogP) is 3.74. The number of carbonyl (C=O) groups excluding carboxylic acids is 2. The van der Waals surface area contributed by atoms with Crippen molar-refractivity contribution in [2.75, 3.05) is 26.2 Å². The van der Waals surface area contributed by atoms with Gasteiger partial charge in [-0.05, 0) is 86.1 Å². The zero-order valence-corrected chi connectivity index (χ0v) is 18.1. The predicted molar refractivity (Wildman–Crippen MR) is 119 cm³/mol. The van der Waals surface area contributed by atoms with E-state index in [9.17, 15) is 14.0 Å². The monoisotopic (exact) mass is 438 g/mol. The van der Waals surface area contributed by atoms with Crippen LogP contribution in [0, 0.1) is 17.7 Å². The Kier molecular flexibility index (Phi) is 6.74. The highest BCUT2D eigenvalue weighted by Gasteiger charge is 2.44. The molecule has 6 nitrogen and oxygen atoms in total. The second kappa shape index (κ2) is 9.69. The van der Waals surface area contributed by atoms with Crippen molar-refractivity contribution in [2.45, 2.75) is 32.2 Å². The van der Waals surface area contributed by atoms with Gasteiger partial charge in [0.05, 0.1) is 0 Å². The van der Waals surface area contributed by atoms with E-state index in [4.69, 9.17) is 10.5 Å². The Labute approximate surface area is 188 Å². The van der Waals surface area contributed by atoms with E-state index in [0.717, 1.165) is 56.6 Å². The number of nitrogens with two attached hydrogens (primary N) is 1. The third-order valence-electron chi connectivity index (χ3n) is 6.51. The summed E-state index contributed by atoms with van der Waals surface area (Å²) in [6.45, 7) is 4.26. The zero-order chi connectivity index (χ0) is 22.6. The Hall–Kier alpha value is -2.93. The summed E-state index contributed by atoms with van der Waals surface area (Å²) in [7, 11) is 0. The first-order valence-corrected chi connectivity index (χ1v) is 11.1. The van der Waals surface area contributed by atoms with Gasteiger partial charge in [0.1, 0.15) is 11.6 Å². The van der Waals surface area contributed by atoms with Crippen molar-refractivity contribution in [2.24, 2.45) is 11.1 Å². The van der Waals surface area contributed by atoms with Crippen LogP contribution in [0.1, 0.15) is 36.8 Å². The van der Waals surface area contributed by atoms with Crippen LogP contribution in [0.2, 0.25) is 0 Å². The molecule has 0 saturated carbocycles. The molecule has 0 bridgehead atoms. The Balaban J connectivity index is 1.23. The molecule has 1 radical (unpaired) electrons. The summed E-state index contributed by atoms with van der Waals surface area (Å²) in [6.07, 6.45) is 4.76. The number of hydrogen-bond acceptors (Lipinski definition) is 4. The number of likely N-dealkylation sites (tertiary alicyclic amines) is 2. The van der Waals surface area contributed by atoms with Gasteiger partial charge in [-0.1, -0.05) is 24.3 Å². The van der Waals surface area contributed by atoms with E-state index in [1.165, 1.54) is 6.07 Å². The maximum atomic E-state index is 13.3. The molecular weight excluding hydrogens is 409 g/mol. The van der Waals surface area contributed by atoms with Gasteiger partial charge in [0.15, 0.2) is 0 Å². The van der Waals surface area contributed by atoms with Gasteiger partial charge in [0.25, 0.3) is 0 Å². The molecule has 4 rings (SSSR count). The summed E-state index contributed by atoms with van der Waals surface area (Å²) >= 11 is 0. The van der Waals surface area contributed by atoms with Gasteiger partial charge >= 0.3 is 6.09 Å². The molecule has 2 saturated heterocycles. The number of rotatable bonds is 7. The average molecular weight is 439 g/mol. The number of ether oxygens (including phenoxy) is 1. The first-order chi connectivity index (χ1) is 15.4. The number of benzene rings is 2. The molecule has 7 heteroatoms. The molecule has 0 atom stereocenters. The molecule has 2 N–H and O–H groups in total. The van der Waals surface area contributed by atoms with Crippen LogP contribution >= 0.6 is 0 Å². The molecule has 2 heterocycles. The van der Waals surface area contributed by atoms with Crippen LogP contribution < -0.4 is 10.5 Å². The van der Waals surface area contributed by atoms with Crippen LogP contribution in [0.4, 0.5) is 9.18 Å². The van der Waals surface area contributed by atoms with Crippen molar-refractivity contribution >= 4 is 12.0 Å². The van der Waals surface area contributed by atoms with Gasteiger partial charge in [-0.15, -0.1) is 0 Å². The number of nitrogens with zero attached hydrogens (tertiary/aromatic N) is 2. The summed E-state index contributed by atoms with van der Waals surface area (Å²) < 4.78 is 18.2. The lowest BCUT2D eigenvalue weighted by Crippen LogP contribution is -2.41. The molecule has 2 aromatic carbocycles. The second-order valence-electron chi connectivity index (χ2n) is 8.88. The Bertz CT molecular complexity index is 955. The molecule has 2 aliphatic rings. The molecule has 169 valence electrons. The lowest BCUT2D eigenvalue weighted by Gasteiger charge is -2.38. The van der Waals surface area contributed by atoms with Crippen molar-refractivity contribution < 1.29 is 18.7 Å². The molecule has 0 unspecified atom stereocenters. The number of carbonyl (C=O) groups is 2. The van der Waals surface area contributed by atoms with Crippen LogP contribution in [-0.2, 0) is 11.3 Å². The van der Waals surface area contributed by atoms with Crippen molar-refractivity contribution in [3.05, 3.63) is 71.9 Å². The van der Waals surface area contributed by atoms with Gasteiger partial charge in [0, 0.05) is 19.5 Å². The Morgan fingerprint density at radius 1 is 1.16 bits per heavy atom.